The summed E-state index contributed by atoms with van der Waals surface area (Å²) in [6, 6.07) is 7.35. The van der Waals surface area contributed by atoms with Gasteiger partial charge in [0.2, 0.25) is 0 Å². The molecule has 1 saturated carbocycles. The third kappa shape index (κ3) is 7.09. The van der Waals surface area contributed by atoms with Crippen LogP contribution in [0.5, 0.6) is 5.75 Å². The van der Waals surface area contributed by atoms with Crippen LogP contribution >= 0.6 is 0 Å². The highest BCUT2D eigenvalue weighted by atomic mass is 16.5. The molecule has 0 saturated heterocycles. The summed E-state index contributed by atoms with van der Waals surface area (Å²) in [5, 5.41) is 0. The van der Waals surface area contributed by atoms with E-state index in [0.29, 0.717) is 5.56 Å². The van der Waals surface area contributed by atoms with Crippen molar-refractivity contribution in [3.8, 4) is 5.75 Å². The van der Waals surface area contributed by atoms with Crippen molar-refractivity contribution in [1.82, 2.24) is 0 Å². The molecule has 1 aliphatic rings. The largest absolute Gasteiger partial charge is 0.494 e. The lowest BCUT2D eigenvalue weighted by molar-refractivity contribution is 0.0161. The first-order chi connectivity index (χ1) is 12.2. The first-order valence-corrected chi connectivity index (χ1v) is 10.2. The van der Waals surface area contributed by atoms with E-state index in [0.717, 1.165) is 37.5 Å². The molecule has 0 aliphatic heterocycles. The number of unbranched alkanes of at least 4 members (excludes halogenated alkanes) is 3. The molecule has 140 valence electrons. The fourth-order valence-corrected chi connectivity index (χ4v) is 3.48. The third-order valence-corrected chi connectivity index (χ3v) is 5.14. The van der Waals surface area contributed by atoms with Gasteiger partial charge in [0.15, 0.2) is 0 Å². The van der Waals surface area contributed by atoms with Gasteiger partial charge in [0.05, 0.1) is 12.2 Å². The van der Waals surface area contributed by atoms with Crippen molar-refractivity contribution < 1.29 is 14.3 Å². The summed E-state index contributed by atoms with van der Waals surface area (Å²) >= 11 is 0. The second-order valence-electron chi connectivity index (χ2n) is 7.27. The summed E-state index contributed by atoms with van der Waals surface area (Å²) in [6.45, 7) is 5.16. The summed E-state index contributed by atoms with van der Waals surface area (Å²) < 4.78 is 11.4. The molecule has 0 amide bonds. The highest BCUT2D eigenvalue weighted by Gasteiger charge is 2.24. The van der Waals surface area contributed by atoms with Crippen LogP contribution in [0.25, 0.3) is 0 Å². The molecular formula is C22H34O3. The summed E-state index contributed by atoms with van der Waals surface area (Å²) in [6.07, 6.45) is 11.9. The van der Waals surface area contributed by atoms with Crippen LogP contribution in [0.4, 0.5) is 0 Å². The fourth-order valence-electron chi connectivity index (χ4n) is 3.48. The Hall–Kier alpha value is -1.51. The molecule has 1 aromatic rings. The SMILES string of the molecule is CCCCCOc1ccc(C(=O)OC2CCC(CCCC)CC2)cc1. The van der Waals surface area contributed by atoms with E-state index < -0.39 is 0 Å². The van der Waals surface area contributed by atoms with Gasteiger partial charge in [-0.2, -0.15) is 0 Å². The normalized spacial score (nSPS) is 20.2. The number of benzene rings is 1. The van der Waals surface area contributed by atoms with Crippen LogP contribution in [-0.4, -0.2) is 18.7 Å². The number of carbonyl (C=O) groups excluding carboxylic acids is 1. The molecule has 1 aromatic carbocycles. The maximum atomic E-state index is 12.3. The van der Waals surface area contributed by atoms with Gasteiger partial charge in [0.25, 0.3) is 0 Å². The highest BCUT2D eigenvalue weighted by Crippen LogP contribution is 2.30. The first kappa shape index (κ1) is 19.8. The van der Waals surface area contributed by atoms with Crippen LogP contribution in [0.3, 0.4) is 0 Å². The van der Waals surface area contributed by atoms with Gasteiger partial charge >= 0.3 is 5.97 Å². The van der Waals surface area contributed by atoms with Crippen LogP contribution in [0, 0.1) is 5.92 Å². The Kier molecular flexibility index (Phi) is 8.85. The monoisotopic (exact) mass is 346 g/mol. The van der Waals surface area contributed by atoms with Crippen molar-refractivity contribution in [2.45, 2.75) is 84.2 Å². The van der Waals surface area contributed by atoms with Crippen LogP contribution in [0.1, 0.15) is 88.4 Å². The van der Waals surface area contributed by atoms with E-state index in [2.05, 4.69) is 13.8 Å². The average Bonchev–Trinajstić information content (AvgIpc) is 2.65. The molecule has 3 heteroatoms. The van der Waals surface area contributed by atoms with Gasteiger partial charge in [0, 0.05) is 0 Å². The summed E-state index contributed by atoms with van der Waals surface area (Å²) in [5.41, 5.74) is 0.619. The molecule has 3 nitrogen and oxygen atoms in total. The number of hydrogen-bond acceptors (Lipinski definition) is 3. The molecule has 0 aromatic heterocycles. The van der Waals surface area contributed by atoms with E-state index in [4.69, 9.17) is 9.47 Å². The van der Waals surface area contributed by atoms with Crippen molar-refractivity contribution in [2.75, 3.05) is 6.61 Å². The Balaban J connectivity index is 1.72. The van der Waals surface area contributed by atoms with Crippen molar-refractivity contribution in [3.05, 3.63) is 29.8 Å². The molecule has 0 heterocycles. The van der Waals surface area contributed by atoms with Gasteiger partial charge in [-0.15, -0.1) is 0 Å². The average molecular weight is 347 g/mol. The van der Waals surface area contributed by atoms with Gasteiger partial charge in [0.1, 0.15) is 11.9 Å². The van der Waals surface area contributed by atoms with E-state index in [9.17, 15) is 4.79 Å². The maximum Gasteiger partial charge on any atom is 0.338 e. The molecule has 0 spiro atoms. The number of carbonyl (C=O) groups is 1. The summed E-state index contributed by atoms with van der Waals surface area (Å²) in [7, 11) is 0. The molecular weight excluding hydrogens is 312 g/mol. The predicted octanol–water partition coefficient (Wildman–Crippen LogP) is 6.16. The lowest BCUT2D eigenvalue weighted by Gasteiger charge is -2.28. The fraction of sp³-hybridized carbons (Fsp3) is 0.682. The van der Waals surface area contributed by atoms with E-state index >= 15 is 0 Å². The third-order valence-electron chi connectivity index (χ3n) is 5.14. The Morgan fingerprint density at radius 1 is 0.960 bits per heavy atom. The number of ether oxygens (including phenoxy) is 2. The van der Waals surface area contributed by atoms with Crippen LogP contribution < -0.4 is 4.74 Å². The molecule has 0 N–H and O–H groups in total. The molecule has 2 rings (SSSR count). The second-order valence-corrected chi connectivity index (χ2v) is 7.27. The molecule has 1 fully saturated rings. The predicted molar refractivity (Wildman–Crippen MR) is 102 cm³/mol. The Morgan fingerprint density at radius 2 is 1.64 bits per heavy atom. The topological polar surface area (TPSA) is 35.5 Å². The van der Waals surface area contributed by atoms with Gasteiger partial charge in [-0.1, -0.05) is 46.0 Å². The standard InChI is InChI=1S/C22H34O3/c1-3-5-7-17-24-20-15-11-19(12-16-20)22(23)25-21-13-9-18(10-14-21)8-6-4-2/h11-12,15-16,18,21H,3-10,13-14,17H2,1-2H3. The molecule has 25 heavy (non-hydrogen) atoms. The maximum absolute atomic E-state index is 12.3. The van der Waals surface area contributed by atoms with Crippen LogP contribution in [0.2, 0.25) is 0 Å². The smallest absolute Gasteiger partial charge is 0.338 e. The summed E-state index contributed by atoms with van der Waals surface area (Å²) in [4.78, 5) is 12.3. The number of esters is 1. The van der Waals surface area contributed by atoms with Gasteiger partial charge in [-0.3, -0.25) is 0 Å². The highest BCUT2D eigenvalue weighted by molar-refractivity contribution is 5.89. The van der Waals surface area contributed by atoms with Crippen molar-refractivity contribution in [2.24, 2.45) is 5.92 Å². The minimum absolute atomic E-state index is 0.0929. The minimum atomic E-state index is -0.199. The van der Waals surface area contributed by atoms with Crippen molar-refractivity contribution in [3.63, 3.8) is 0 Å². The number of rotatable bonds is 10. The van der Waals surface area contributed by atoms with Gasteiger partial charge in [-0.25, -0.2) is 4.79 Å². The molecule has 0 bridgehead atoms. The zero-order valence-corrected chi connectivity index (χ0v) is 16.0. The molecule has 1 aliphatic carbocycles. The Morgan fingerprint density at radius 3 is 2.28 bits per heavy atom. The zero-order valence-electron chi connectivity index (χ0n) is 16.0. The van der Waals surface area contributed by atoms with Crippen molar-refractivity contribution in [1.29, 1.82) is 0 Å². The molecule has 0 unspecified atom stereocenters. The molecule has 0 radical (unpaired) electrons. The van der Waals surface area contributed by atoms with Gasteiger partial charge < -0.3 is 9.47 Å². The Bertz CT molecular complexity index is 486. The number of hydrogen-bond donors (Lipinski definition) is 0. The minimum Gasteiger partial charge on any atom is -0.494 e. The van der Waals surface area contributed by atoms with Crippen LogP contribution in [-0.2, 0) is 4.74 Å². The van der Waals surface area contributed by atoms with E-state index in [-0.39, 0.29) is 12.1 Å². The second kappa shape index (κ2) is 11.2. The Labute approximate surface area is 153 Å². The lowest BCUT2D eigenvalue weighted by atomic mass is 9.84. The van der Waals surface area contributed by atoms with E-state index in [1.54, 1.807) is 0 Å². The van der Waals surface area contributed by atoms with E-state index in [1.807, 2.05) is 24.3 Å². The lowest BCUT2D eigenvalue weighted by Crippen LogP contribution is -2.24. The van der Waals surface area contributed by atoms with E-state index in [1.165, 1.54) is 44.9 Å². The van der Waals surface area contributed by atoms with Crippen molar-refractivity contribution >= 4 is 5.97 Å². The quantitative estimate of drug-likeness (QED) is 0.376. The van der Waals surface area contributed by atoms with Crippen LogP contribution in [0.15, 0.2) is 24.3 Å². The first-order valence-electron chi connectivity index (χ1n) is 10.2. The molecule has 0 atom stereocenters. The van der Waals surface area contributed by atoms with Gasteiger partial charge in [-0.05, 0) is 62.3 Å². The summed E-state index contributed by atoms with van der Waals surface area (Å²) in [5.74, 6) is 1.46. The zero-order chi connectivity index (χ0) is 17.9.